The summed E-state index contributed by atoms with van der Waals surface area (Å²) >= 11 is 0. The summed E-state index contributed by atoms with van der Waals surface area (Å²) in [5, 5.41) is 6.07. The third-order valence-electron chi connectivity index (χ3n) is 2.66. The van der Waals surface area contributed by atoms with Crippen LogP contribution in [0.25, 0.3) is 0 Å². The second-order valence-electron chi connectivity index (χ2n) is 4.27. The number of nitrogens with zero attached hydrogens (tertiary/aromatic N) is 2. The smallest absolute Gasteiger partial charge is 0.221 e. The quantitative estimate of drug-likeness (QED) is 0.881. The second-order valence-corrected chi connectivity index (χ2v) is 4.27. The van der Waals surface area contributed by atoms with Crippen molar-refractivity contribution in [3.8, 4) is 0 Å². The number of carbonyl (C=O) groups excluding carboxylic acids is 1. The van der Waals surface area contributed by atoms with Crippen molar-refractivity contribution < 1.29 is 4.79 Å². The van der Waals surface area contributed by atoms with Crippen LogP contribution >= 0.6 is 0 Å². The van der Waals surface area contributed by atoms with Gasteiger partial charge in [-0.25, -0.2) is 9.97 Å². The summed E-state index contributed by atoms with van der Waals surface area (Å²) in [5.74, 6) is -0.0781. The highest BCUT2D eigenvalue weighted by molar-refractivity contribution is 5.89. The van der Waals surface area contributed by atoms with E-state index in [0.717, 1.165) is 22.6 Å². The maximum atomic E-state index is 11.0. The van der Waals surface area contributed by atoms with Crippen LogP contribution in [0.4, 0.5) is 11.4 Å². The minimum absolute atomic E-state index is 0.0781. The summed E-state index contributed by atoms with van der Waals surface area (Å²) in [6.45, 7) is 4.13. The monoisotopic (exact) mass is 256 g/mol. The summed E-state index contributed by atoms with van der Waals surface area (Å²) in [4.78, 5) is 19.1. The fourth-order valence-corrected chi connectivity index (χ4v) is 1.70. The molecule has 5 nitrogen and oxygen atoms in total. The zero-order valence-electron chi connectivity index (χ0n) is 11.0. The Morgan fingerprint density at radius 3 is 2.84 bits per heavy atom. The fraction of sp³-hybridized carbons (Fsp3) is 0.214. The Morgan fingerprint density at radius 1 is 1.32 bits per heavy atom. The van der Waals surface area contributed by atoms with E-state index >= 15 is 0 Å². The van der Waals surface area contributed by atoms with Crippen molar-refractivity contribution in [3.63, 3.8) is 0 Å². The fourth-order valence-electron chi connectivity index (χ4n) is 1.70. The largest absolute Gasteiger partial charge is 0.379 e. The van der Waals surface area contributed by atoms with Gasteiger partial charge in [-0.1, -0.05) is 6.07 Å². The van der Waals surface area contributed by atoms with E-state index in [-0.39, 0.29) is 5.91 Å². The molecule has 0 radical (unpaired) electrons. The lowest BCUT2D eigenvalue weighted by Crippen LogP contribution is -2.07. The van der Waals surface area contributed by atoms with Crippen LogP contribution in [0, 0.1) is 6.92 Å². The molecular weight excluding hydrogens is 240 g/mol. The molecule has 0 saturated heterocycles. The van der Waals surface area contributed by atoms with Gasteiger partial charge in [0.2, 0.25) is 5.91 Å². The van der Waals surface area contributed by atoms with E-state index < -0.39 is 0 Å². The van der Waals surface area contributed by atoms with Crippen LogP contribution in [0.3, 0.4) is 0 Å². The minimum Gasteiger partial charge on any atom is -0.379 e. The van der Waals surface area contributed by atoms with E-state index in [1.165, 1.54) is 13.3 Å². The standard InChI is InChI=1S/C14H16N4O/c1-10-3-4-12(18-11(2)19)7-14(10)16-8-13-5-6-15-9-17-13/h3-7,9,16H,8H2,1-2H3,(H,18,19). The lowest BCUT2D eigenvalue weighted by Gasteiger charge is -2.11. The molecule has 1 aromatic heterocycles. The Labute approximate surface area is 112 Å². The average Bonchev–Trinajstić information content (AvgIpc) is 2.40. The van der Waals surface area contributed by atoms with Crippen LogP contribution in [0.1, 0.15) is 18.2 Å². The molecule has 19 heavy (non-hydrogen) atoms. The van der Waals surface area contributed by atoms with Crippen LogP contribution in [0.2, 0.25) is 0 Å². The van der Waals surface area contributed by atoms with Crippen molar-refractivity contribution in [2.24, 2.45) is 0 Å². The number of rotatable bonds is 4. The molecule has 0 spiro atoms. The lowest BCUT2D eigenvalue weighted by atomic mass is 10.1. The predicted octanol–water partition coefficient (Wildman–Crippen LogP) is 2.36. The van der Waals surface area contributed by atoms with Gasteiger partial charge in [0.1, 0.15) is 6.33 Å². The van der Waals surface area contributed by atoms with E-state index in [2.05, 4.69) is 20.6 Å². The van der Waals surface area contributed by atoms with Crippen LogP contribution < -0.4 is 10.6 Å². The maximum Gasteiger partial charge on any atom is 0.221 e. The van der Waals surface area contributed by atoms with E-state index in [9.17, 15) is 4.79 Å². The van der Waals surface area contributed by atoms with Crippen LogP contribution in [0.15, 0.2) is 36.8 Å². The molecule has 2 rings (SSSR count). The first-order valence-corrected chi connectivity index (χ1v) is 6.02. The molecule has 2 aromatic rings. The molecule has 1 amide bonds. The van der Waals surface area contributed by atoms with Crippen molar-refractivity contribution >= 4 is 17.3 Å². The van der Waals surface area contributed by atoms with Gasteiger partial charge in [-0.05, 0) is 30.7 Å². The molecule has 0 fully saturated rings. The van der Waals surface area contributed by atoms with E-state index in [1.807, 2.05) is 31.2 Å². The van der Waals surface area contributed by atoms with Gasteiger partial charge in [0.25, 0.3) is 0 Å². The molecular formula is C14H16N4O. The number of aromatic nitrogens is 2. The van der Waals surface area contributed by atoms with Gasteiger partial charge in [0.15, 0.2) is 0 Å². The topological polar surface area (TPSA) is 66.9 Å². The zero-order chi connectivity index (χ0) is 13.7. The maximum absolute atomic E-state index is 11.0. The number of hydrogen-bond donors (Lipinski definition) is 2. The molecule has 2 N–H and O–H groups in total. The van der Waals surface area contributed by atoms with Crippen molar-refractivity contribution in [2.45, 2.75) is 20.4 Å². The Bertz CT molecular complexity index is 569. The van der Waals surface area contributed by atoms with Crippen LogP contribution in [-0.4, -0.2) is 15.9 Å². The highest BCUT2D eigenvalue weighted by Crippen LogP contribution is 2.20. The molecule has 0 aliphatic rings. The molecule has 0 saturated carbocycles. The van der Waals surface area contributed by atoms with E-state index in [1.54, 1.807) is 6.20 Å². The molecule has 1 heterocycles. The molecule has 0 bridgehead atoms. The number of aryl methyl sites for hydroxylation is 1. The highest BCUT2D eigenvalue weighted by Gasteiger charge is 2.02. The highest BCUT2D eigenvalue weighted by atomic mass is 16.1. The van der Waals surface area contributed by atoms with Gasteiger partial charge >= 0.3 is 0 Å². The molecule has 98 valence electrons. The lowest BCUT2D eigenvalue weighted by molar-refractivity contribution is -0.114. The SMILES string of the molecule is CC(=O)Nc1ccc(C)c(NCc2ccncn2)c1. The predicted molar refractivity (Wildman–Crippen MR) is 74.8 cm³/mol. The number of amides is 1. The minimum atomic E-state index is -0.0781. The van der Waals surface area contributed by atoms with Gasteiger partial charge in [0, 0.05) is 24.5 Å². The molecule has 0 aliphatic heterocycles. The molecule has 5 heteroatoms. The van der Waals surface area contributed by atoms with E-state index in [0.29, 0.717) is 6.54 Å². The number of hydrogen-bond acceptors (Lipinski definition) is 4. The first-order chi connectivity index (χ1) is 9.15. The van der Waals surface area contributed by atoms with Crippen LogP contribution in [-0.2, 0) is 11.3 Å². The van der Waals surface area contributed by atoms with Crippen molar-refractivity contribution in [3.05, 3.63) is 48.0 Å². The average molecular weight is 256 g/mol. The third-order valence-corrected chi connectivity index (χ3v) is 2.66. The Kier molecular flexibility index (Phi) is 4.07. The number of anilines is 2. The number of nitrogens with one attached hydrogen (secondary N) is 2. The Balaban J connectivity index is 2.08. The van der Waals surface area contributed by atoms with Crippen molar-refractivity contribution in [1.29, 1.82) is 0 Å². The molecule has 1 aromatic carbocycles. The first-order valence-electron chi connectivity index (χ1n) is 6.02. The molecule has 0 unspecified atom stereocenters. The van der Waals surface area contributed by atoms with Gasteiger partial charge in [-0.15, -0.1) is 0 Å². The summed E-state index contributed by atoms with van der Waals surface area (Å²) in [7, 11) is 0. The number of carbonyl (C=O) groups is 1. The summed E-state index contributed by atoms with van der Waals surface area (Å²) in [6, 6.07) is 7.62. The van der Waals surface area contributed by atoms with Gasteiger partial charge in [0.05, 0.1) is 12.2 Å². The zero-order valence-corrected chi connectivity index (χ0v) is 11.0. The van der Waals surface area contributed by atoms with Crippen molar-refractivity contribution in [2.75, 3.05) is 10.6 Å². The Hall–Kier alpha value is -2.43. The summed E-state index contributed by atoms with van der Waals surface area (Å²) in [6.07, 6.45) is 3.24. The Morgan fingerprint density at radius 2 is 2.16 bits per heavy atom. The van der Waals surface area contributed by atoms with Crippen LogP contribution in [0.5, 0.6) is 0 Å². The number of benzene rings is 1. The van der Waals surface area contributed by atoms with Gasteiger partial charge in [-0.2, -0.15) is 0 Å². The molecule has 0 atom stereocenters. The first kappa shape index (κ1) is 13.0. The third kappa shape index (κ3) is 3.77. The van der Waals surface area contributed by atoms with Gasteiger partial charge < -0.3 is 10.6 Å². The summed E-state index contributed by atoms with van der Waals surface area (Å²) in [5.41, 5.74) is 3.79. The van der Waals surface area contributed by atoms with E-state index in [4.69, 9.17) is 0 Å². The second kappa shape index (κ2) is 5.95. The molecule has 0 aliphatic carbocycles. The normalized spacial score (nSPS) is 10.0. The summed E-state index contributed by atoms with van der Waals surface area (Å²) < 4.78 is 0. The van der Waals surface area contributed by atoms with Crippen molar-refractivity contribution in [1.82, 2.24) is 9.97 Å². The van der Waals surface area contributed by atoms with Gasteiger partial charge in [-0.3, -0.25) is 4.79 Å².